The predicted octanol–water partition coefficient (Wildman–Crippen LogP) is 2.04. The maximum atomic E-state index is 11.6. The van der Waals surface area contributed by atoms with Crippen LogP contribution in [0.2, 0.25) is 5.02 Å². The van der Waals surface area contributed by atoms with Gasteiger partial charge in [0.2, 0.25) is 0 Å². The van der Waals surface area contributed by atoms with Crippen LogP contribution in [0.3, 0.4) is 0 Å². The van der Waals surface area contributed by atoms with Gasteiger partial charge in [-0.05, 0) is 18.2 Å². The summed E-state index contributed by atoms with van der Waals surface area (Å²) in [6, 6.07) is 8.10. The van der Waals surface area contributed by atoms with Crippen molar-refractivity contribution in [3.63, 3.8) is 0 Å². The van der Waals surface area contributed by atoms with E-state index in [0.29, 0.717) is 16.3 Å². The van der Waals surface area contributed by atoms with Gasteiger partial charge >= 0.3 is 0 Å². The van der Waals surface area contributed by atoms with E-state index in [-0.39, 0.29) is 11.5 Å². The topological polar surface area (TPSA) is 88.7 Å². The first-order valence-electron chi connectivity index (χ1n) is 4.91. The van der Waals surface area contributed by atoms with Gasteiger partial charge in [-0.15, -0.1) is 0 Å². The Kier molecular flexibility index (Phi) is 4.74. The summed E-state index contributed by atoms with van der Waals surface area (Å²) in [6.45, 7) is 0. The summed E-state index contributed by atoms with van der Waals surface area (Å²) in [5.41, 5.74) is 0.700. The zero-order valence-electron chi connectivity index (χ0n) is 9.49. The fourth-order valence-corrected chi connectivity index (χ4v) is 1.38. The number of nitrogens with one attached hydrogen (secondary N) is 2. The van der Waals surface area contributed by atoms with Crippen molar-refractivity contribution >= 4 is 23.2 Å². The lowest BCUT2D eigenvalue weighted by atomic mass is 10.1. The molecule has 0 atom stereocenters. The number of hydrogen-bond acceptors (Lipinski definition) is 4. The summed E-state index contributed by atoms with van der Waals surface area (Å²) in [6.07, 6.45) is 1.23. The maximum Gasteiger partial charge on any atom is 0.253 e. The lowest BCUT2D eigenvalue weighted by Gasteiger charge is -2.08. The highest BCUT2D eigenvalue weighted by Crippen LogP contribution is 2.20. The Hall–Kier alpha value is -2.50. The van der Waals surface area contributed by atoms with E-state index in [1.54, 1.807) is 24.3 Å². The Balaban J connectivity index is 3.11. The van der Waals surface area contributed by atoms with Crippen LogP contribution < -0.4 is 10.6 Å². The minimum Gasteiger partial charge on any atom is -0.359 e. The van der Waals surface area contributed by atoms with E-state index in [1.807, 2.05) is 0 Å². The predicted molar refractivity (Wildman–Crippen MR) is 67.8 cm³/mol. The number of carbonyl (C=O) groups is 1. The van der Waals surface area contributed by atoms with Crippen LogP contribution in [0.25, 0.3) is 0 Å². The zero-order valence-corrected chi connectivity index (χ0v) is 10.2. The quantitative estimate of drug-likeness (QED) is 0.814. The number of amides is 1. The van der Waals surface area contributed by atoms with Gasteiger partial charge in [-0.3, -0.25) is 4.79 Å². The van der Waals surface area contributed by atoms with Crippen LogP contribution in [-0.4, -0.2) is 13.0 Å². The van der Waals surface area contributed by atoms with Crippen LogP contribution in [0.1, 0.15) is 10.4 Å². The van der Waals surface area contributed by atoms with E-state index in [0.717, 1.165) is 0 Å². The fraction of sp³-hybridized carbons (Fsp3) is 0.0833. The van der Waals surface area contributed by atoms with E-state index in [9.17, 15) is 4.79 Å². The molecular weight excluding hydrogens is 252 g/mol. The minimum absolute atomic E-state index is 0.0900. The molecule has 90 valence electrons. The molecule has 5 nitrogen and oxygen atoms in total. The Morgan fingerprint density at radius 2 is 2.06 bits per heavy atom. The van der Waals surface area contributed by atoms with Gasteiger partial charge < -0.3 is 10.6 Å². The molecule has 1 aromatic rings. The number of nitriles is 2. The van der Waals surface area contributed by atoms with E-state index in [2.05, 4.69) is 10.6 Å². The molecule has 0 unspecified atom stereocenters. The zero-order chi connectivity index (χ0) is 13.5. The molecule has 0 saturated heterocycles. The van der Waals surface area contributed by atoms with E-state index in [4.69, 9.17) is 22.1 Å². The summed E-state index contributed by atoms with van der Waals surface area (Å²) in [4.78, 5) is 11.6. The van der Waals surface area contributed by atoms with Gasteiger partial charge in [-0.1, -0.05) is 11.6 Å². The summed E-state index contributed by atoms with van der Waals surface area (Å²) >= 11 is 5.81. The van der Waals surface area contributed by atoms with Gasteiger partial charge in [-0.2, -0.15) is 10.5 Å². The van der Waals surface area contributed by atoms with Crippen molar-refractivity contribution in [1.82, 2.24) is 5.32 Å². The Labute approximate surface area is 109 Å². The highest BCUT2D eigenvalue weighted by molar-refractivity contribution is 6.31. The van der Waals surface area contributed by atoms with Gasteiger partial charge in [0.05, 0.1) is 11.3 Å². The average Bonchev–Trinajstić information content (AvgIpc) is 2.40. The first-order chi connectivity index (χ1) is 8.62. The third-order valence-electron chi connectivity index (χ3n) is 2.07. The van der Waals surface area contributed by atoms with Crippen molar-refractivity contribution in [2.75, 3.05) is 12.4 Å². The molecule has 1 aromatic carbocycles. The molecule has 1 amide bonds. The van der Waals surface area contributed by atoms with E-state index in [1.165, 1.54) is 19.3 Å². The minimum atomic E-state index is -0.316. The van der Waals surface area contributed by atoms with Crippen LogP contribution in [0.4, 0.5) is 5.69 Å². The second-order valence-electron chi connectivity index (χ2n) is 3.19. The summed E-state index contributed by atoms with van der Waals surface area (Å²) in [5.74, 6) is -0.316. The van der Waals surface area contributed by atoms with Gasteiger partial charge in [0, 0.05) is 18.3 Å². The first kappa shape index (κ1) is 13.6. The second-order valence-corrected chi connectivity index (χ2v) is 3.63. The number of rotatable bonds is 3. The third-order valence-corrected chi connectivity index (χ3v) is 2.30. The highest BCUT2D eigenvalue weighted by Gasteiger charge is 2.10. The van der Waals surface area contributed by atoms with Crippen molar-refractivity contribution in [1.29, 1.82) is 10.5 Å². The van der Waals surface area contributed by atoms with Gasteiger partial charge in [0.1, 0.15) is 17.7 Å². The molecule has 0 radical (unpaired) electrons. The van der Waals surface area contributed by atoms with Crippen LogP contribution in [0, 0.1) is 22.7 Å². The van der Waals surface area contributed by atoms with E-state index < -0.39 is 0 Å². The summed E-state index contributed by atoms with van der Waals surface area (Å²) < 4.78 is 0. The number of anilines is 1. The SMILES string of the molecule is CNC(=O)c1cc(Cl)ccc1NC=C(C#N)C#N. The Bertz CT molecular complexity index is 565. The van der Waals surface area contributed by atoms with Crippen molar-refractivity contribution in [3.05, 3.63) is 40.6 Å². The van der Waals surface area contributed by atoms with Crippen LogP contribution in [0.5, 0.6) is 0 Å². The van der Waals surface area contributed by atoms with Gasteiger partial charge in [0.25, 0.3) is 5.91 Å². The number of allylic oxidation sites excluding steroid dienone is 1. The number of benzene rings is 1. The van der Waals surface area contributed by atoms with Crippen molar-refractivity contribution in [2.24, 2.45) is 0 Å². The van der Waals surface area contributed by atoms with Gasteiger partial charge in [0.15, 0.2) is 0 Å². The van der Waals surface area contributed by atoms with Crippen molar-refractivity contribution in [2.45, 2.75) is 0 Å². The molecule has 0 aliphatic carbocycles. The molecule has 0 fully saturated rings. The lowest BCUT2D eigenvalue weighted by molar-refractivity contribution is 0.0964. The molecule has 0 aliphatic rings. The molecule has 0 spiro atoms. The van der Waals surface area contributed by atoms with Gasteiger partial charge in [-0.25, -0.2) is 0 Å². The lowest BCUT2D eigenvalue weighted by Crippen LogP contribution is -2.19. The molecule has 6 heteroatoms. The number of carbonyl (C=O) groups excluding carboxylic acids is 1. The molecular formula is C12H9ClN4O. The molecule has 0 aliphatic heterocycles. The van der Waals surface area contributed by atoms with Crippen molar-refractivity contribution < 1.29 is 4.79 Å². The summed E-state index contributed by atoms with van der Waals surface area (Å²) in [5, 5.41) is 22.8. The standard InChI is InChI=1S/C12H9ClN4O/c1-16-12(18)10-4-9(13)2-3-11(10)17-7-8(5-14)6-15/h2-4,7,17H,1H3,(H,16,18). The van der Waals surface area contributed by atoms with Crippen LogP contribution in [0.15, 0.2) is 30.0 Å². The molecule has 0 saturated carbocycles. The van der Waals surface area contributed by atoms with E-state index >= 15 is 0 Å². The average molecular weight is 261 g/mol. The molecule has 18 heavy (non-hydrogen) atoms. The fourth-order valence-electron chi connectivity index (χ4n) is 1.20. The molecule has 0 bridgehead atoms. The number of hydrogen-bond donors (Lipinski definition) is 2. The molecule has 0 heterocycles. The van der Waals surface area contributed by atoms with Crippen LogP contribution >= 0.6 is 11.6 Å². The molecule has 2 N–H and O–H groups in total. The first-order valence-corrected chi connectivity index (χ1v) is 5.28. The number of halogens is 1. The smallest absolute Gasteiger partial charge is 0.253 e. The largest absolute Gasteiger partial charge is 0.359 e. The normalized spacial score (nSPS) is 8.67. The summed E-state index contributed by atoms with van der Waals surface area (Å²) in [7, 11) is 1.50. The highest BCUT2D eigenvalue weighted by atomic mass is 35.5. The number of nitrogens with zero attached hydrogens (tertiary/aromatic N) is 2. The third kappa shape index (κ3) is 3.24. The van der Waals surface area contributed by atoms with Crippen LogP contribution in [-0.2, 0) is 0 Å². The van der Waals surface area contributed by atoms with Crippen molar-refractivity contribution in [3.8, 4) is 12.1 Å². The Morgan fingerprint density at radius 3 is 2.61 bits per heavy atom. The second kappa shape index (κ2) is 6.29. The Morgan fingerprint density at radius 1 is 1.39 bits per heavy atom. The maximum absolute atomic E-state index is 11.6. The monoisotopic (exact) mass is 260 g/mol. The molecule has 0 aromatic heterocycles. The molecule has 1 rings (SSSR count).